The monoisotopic (exact) mass is 352 g/mol. The van der Waals surface area contributed by atoms with Gasteiger partial charge in [0.25, 0.3) is 0 Å². The molecular formula is C12H17BrO7. The number of hydrogen-bond donors (Lipinski definition) is 0. The summed E-state index contributed by atoms with van der Waals surface area (Å²) >= 11 is 3.18. The van der Waals surface area contributed by atoms with E-state index in [4.69, 9.17) is 14.2 Å². The zero-order chi connectivity index (χ0) is 15.4. The molecule has 1 saturated heterocycles. The number of carbonyl (C=O) groups excluding carboxylic acids is 3. The molecule has 1 rings (SSSR count). The molecule has 0 aromatic heterocycles. The SMILES string of the molecule is COC(=O)[C@H]1O[C@@H](Br)[C@@H](OC(C)=O)[C@@H](OC(C)=O)[C@H]1C. The number of hydrogen-bond acceptors (Lipinski definition) is 7. The number of ether oxygens (including phenoxy) is 4. The molecule has 0 bridgehead atoms. The van der Waals surface area contributed by atoms with Crippen LogP contribution in [0.1, 0.15) is 20.8 Å². The van der Waals surface area contributed by atoms with Crippen LogP contribution >= 0.6 is 15.9 Å². The first kappa shape index (κ1) is 16.9. The van der Waals surface area contributed by atoms with Crippen LogP contribution in [0.3, 0.4) is 0 Å². The molecule has 8 heteroatoms. The summed E-state index contributed by atoms with van der Waals surface area (Å²) < 4.78 is 20.4. The molecule has 20 heavy (non-hydrogen) atoms. The second-order valence-electron chi connectivity index (χ2n) is 4.44. The Morgan fingerprint density at radius 3 is 2.00 bits per heavy atom. The molecule has 114 valence electrons. The highest BCUT2D eigenvalue weighted by atomic mass is 79.9. The molecule has 0 aromatic rings. The molecule has 0 aromatic carbocycles. The number of rotatable bonds is 3. The van der Waals surface area contributed by atoms with E-state index in [9.17, 15) is 14.4 Å². The molecule has 1 heterocycles. The van der Waals surface area contributed by atoms with Gasteiger partial charge in [-0.1, -0.05) is 22.9 Å². The summed E-state index contributed by atoms with van der Waals surface area (Å²) in [6.07, 6.45) is -2.56. The average molecular weight is 353 g/mol. The molecule has 5 atom stereocenters. The van der Waals surface area contributed by atoms with E-state index in [1.807, 2.05) is 0 Å². The van der Waals surface area contributed by atoms with Gasteiger partial charge in [-0.3, -0.25) is 9.59 Å². The lowest BCUT2D eigenvalue weighted by molar-refractivity contribution is -0.212. The van der Waals surface area contributed by atoms with Crippen LogP contribution in [0.4, 0.5) is 0 Å². The van der Waals surface area contributed by atoms with Crippen molar-refractivity contribution in [1.82, 2.24) is 0 Å². The minimum absolute atomic E-state index is 0.524. The van der Waals surface area contributed by atoms with E-state index in [0.717, 1.165) is 0 Å². The molecule has 0 spiro atoms. The van der Waals surface area contributed by atoms with E-state index in [2.05, 4.69) is 20.7 Å². The number of methoxy groups -OCH3 is 1. The fourth-order valence-corrected chi connectivity index (χ4v) is 2.67. The Morgan fingerprint density at radius 2 is 1.55 bits per heavy atom. The second kappa shape index (κ2) is 7.03. The summed E-state index contributed by atoms with van der Waals surface area (Å²) in [6, 6.07) is 0. The highest BCUT2D eigenvalue weighted by molar-refractivity contribution is 9.09. The quantitative estimate of drug-likeness (QED) is 0.421. The van der Waals surface area contributed by atoms with Crippen molar-refractivity contribution in [2.75, 3.05) is 7.11 Å². The molecule has 0 unspecified atom stereocenters. The molecule has 7 nitrogen and oxygen atoms in total. The lowest BCUT2D eigenvalue weighted by Gasteiger charge is -2.41. The molecule has 1 aliphatic rings. The predicted molar refractivity (Wildman–Crippen MR) is 69.9 cm³/mol. The Hall–Kier alpha value is -1.15. The van der Waals surface area contributed by atoms with Crippen molar-refractivity contribution < 1.29 is 33.3 Å². The van der Waals surface area contributed by atoms with Gasteiger partial charge in [0.15, 0.2) is 17.2 Å². The van der Waals surface area contributed by atoms with Gasteiger partial charge in [0.2, 0.25) is 0 Å². The van der Waals surface area contributed by atoms with Gasteiger partial charge < -0.3 is 18.9 Å². The zero-order valence-corrected chi connectivity index (χ0v) is 13.2. The Morgan fingerprint density at radius 1 is 1.05 bits per heavy atom. The molecule has 0 amide bonds. The summed E-state index contributed by atoms with van der Waals surface area (Å²) in [6.45, 7) is 4.13. The van der Waals surface area contributed by atoms with Crippen LogP contribution in [0, 0.1) is 5.92 Å². The Kier molecular flexibility index (Phi) is 5.94. The third-order valence-corrected chi connectivity index (χ3v) is 3.63. The summed E-state index contributed by atoms with van der Waals surface area (Å²) in [7, 11) is 1.24. The van der Waals surface area contributed by atoms with Gasteiger partial charge in [0.1, 0.15) is 6.10 Å². The third kappa shape index (κ3) is 3.92. The van der Waals surface area contributed by atoms with Crippen LogP contribution in [0.2, 0.25) is 0 Å². The van der Waals surface area contributed by atoms with Crippen LogP contribution in [0.25, 0.3) is 0 Å². The molecular weight excluding hydrogens is 336 g/mol. The van der Waals surface area contributed by atoms with E-state index in [1.54, 1.807) is 6.92 Å². The van der Waals surface area contributed by atoms with E-state index < -0.39 is 47.2 Å². The number of halogens is 1. The summed E-state index contributed by atoms with van der Waals surface area (Å²) in [5.41, 5.74) is 0. The van der Waals surface area contributed by atoms with E-state index in [-0.39, 0.29) is 0 Å². The Labute approximate surface area is 125 Å². The van der Waals surface area contributed by atoms with E-state index >= 15 is 0 Å². The van der Waals surface area contributed by atoms with Crippen molar-refractivity contribution in [3.63, 3.8) is 0 Å². The van der Waals surface area contributed by atoms with Gasteiger partial charge in [0, 0.05) is 19.8 Å². The van der Waals surface area contributed by atoms with Gasteiger partial charge in [-0.2, -0.15) is 0 Å². The van der Waals surface area contributed by atoms with Crippen LogP contribution in [-0.2, 0) is 33.3 Å². The standard InChI is InChI=1S/C12H17BrO7/c1-5-8(18-6(2)14)10(19-7(3)15)11(13)20-9(5)12(16)17-4/h5,8-11H,1-4H3/t5-,8+,9+,10+,11-/m1/s1. The Bertz CT molecular complexity index is 397. The topological polar surface area (TPSA) is 88.1 Å². The van der Waals surface area contributed by atoms with Crippen LogP contribution in [0.15, 0.2) is 0 Å². The highest BCUT2D eigenvalue weighted by Crippen LogP contribution is 2.33. The van der Waals surface area contributed by atoms with Crippen molar-refractivity contribution in [2.45, 2.75) is 44.1 Å². The second-order valence-corrected chi connectivity index (χ2v) is 5.34. The number of alkyl halides is 1. The predicted octanol–water partition coefficient (Wildman–Crippen LogP) is 0.779. The maximum atomic E-state index is 11.7. The largest absolute Gasteiger partial charge is 0.467 e. The van der Waals surface area contributed by atoms with Crippen molar-refractivity contribution in [3.8, 4) is 0 Å². The van der Waals surface area contributed by atoms with Gasteiger partial charge in [-0.05, 0) is 0 Å². The van der Waals surface area contributed by atoms with Crippen LogP contribution < -0.4 is 0 Å². The van der Waals surface area contributed by atoms with Crippen molar-refractivity contribution in [2.24, 2.45) is 5.92 Å². The lowest BCUT2D eigenvalue weighted by atomic mass is 9.91. The van der Waals surface area contributed by atoms with Crippen molar-refractivity contribution >= 4 is 33.8 Å². The molecule has 0 saturated carbocycles. The maximum absolute atomic E-state index is 11.7. The van der Waals surface area contributed by atoms with Crippen LogP contribution in [0.5, 0.6) is 0 Å². The van der Waals surface area contributed by atoms with Crippen LogP contribution in [-0.4, -0.2) is 48.3 Å². The summed E-state index contributed by atoms with van der Waals surface area (Å²) in [5, 5.41) is -0.781. The zero-order valence-electron chi connectivity index (χ0n) is 11.6. The summed E-state index contributed by atoms with van der Waals surface area (Å²) in [4.78, 5) is 34.0. The average Bonchev–Trinajstić information content (AvgIpc) is 2.36. The normalized spacial score (nSPS) is 33.1. The maximum Gasteiger partial charge on any atom is 0.335 e. The minimum atomic E-state index is -0.916. The smallest absolute Gasteiger partial charge is 0.335 e. The van der Waals surface area contributed by atoms with Crippen molar-refractivity contribution in [1.29, 1.82) is 0 Å². The first-order chi connectivity index (χ1) is 9.27. The molecule has 0 aliphatic carbocycles. The Balaban J connectivity index is 2.99. The van der Waals surface area contributed by atoms with Gasteiger partial charge in [-0.15, -0.1) is 0 Å². The number of esters is 3. The van der Waals surface area contributed by atoms with Gasteiger partial charge >= 0.3 is 17.9 Å². The van der Waals surface area contributed by atoms with E-state index in [1.165, 1.54) is 21.0 Å². The number of carbonyl (C=O) groups is 3. The summed E-state index contributed by atoms with van der Waals surface area (Å²) in [5.74, 6) is -2.18. The molecule has 1 aliphatic heterocycles. The first-order valence-electron chi connectivity index (χ1n) is 5.99. The fraction of sp³-hybridized carbons (Fsp3) is 0.750. The third-order valence-electron chi connectivity index (χ3n) is 2.89. The lowest BCUT2D eigenvalue weighted by Crippen LogP contribution is -2.56. The molecule has 0 radical (unpaired) electrons. The molecule has 0 N–H and O–H groups in total. The van der Waals surface area contributed by atoms with Gasteiger partial charge in [0.05, 0.1) is 7.11 Å². The van der Waals surface area contributed by atoms with Crippen molar-refractivity contribution in [3.05, 3.63) is 0 Å². The minimum Gasteiger partial charge on any atom is -0.467 e. The van der Waals surface area contributed by atoms with Gasteiger partial charge in [-0.25, -0.2) is 4.79 Å². The van der Waals surface area contributed by atoms with E-state index in [0.29, 0.717) is 0 Å². The first-order valence-corrected chi connectivity index (χ1v) is 6.91. The fourth-order valence-electron chi connectivity index (χ4n) is 2.03. The molecule has 1 fully saturated rings. The highest BCUT2D eigenvalue weighted by Gasteiger charge is 2.49.